The van der Waals surface area contributed by atoms with Crippen LogP contribution in [0.4, 0.5) is 11.4 Å². The normalized spacial score (nSPS) is 13.5. The van der Waals surface area contributed by atoms with Crippen molar-refractivity contribution in [2.24, 2.45) is 11.3 Å². The van der Waals surface area contributed by atoms with Gasteiger partial charge in [0.2, 0.25) is 17.7 Å². The molecule has 2 aromatic carbocycles. The molecule has 2 rings (SSSR count). The average molecular weight is 709 g/mol. The van der Waals surface area contributed by atoms with E-state index in [0.29, 0.717) is 16.9 Å². The number of hydrogen-bond acceptors (Lipinski definition) is 9. The highest BCUT2D eigenvalue weighted by molar-refractivity contribution is 5.91. The van der Waals surface area contributed by atoms with E-state index < -0.39 is 52.7 Å². The van der Waals surface area contributed by atoms with Gasteiger partial charge in [-0.3, -0.25) is 24.5 Å². The second-order valence-electron chi connectivity index (χ2n) is 13.6. The van der Waals surface area contributed by atoms with Crippen molar-refractivity contribution >= 4 is 41.0 Å². The minimum Gasteiger partial charge on any atom is -0.480 e. The number of carbonyl (C=O) groups is 5. The largest absolute Gasteiger partial charge is 0.480 e. The van der Waals surface area contributed by atoms with Gasteiger partial charge in [-0.15, -0.1) is 0 Å². The number of anilines is 2. The monoisotopic (exact) mass is 708 g/mol. The first-order valence-electron chi connectivity index (χ1n) is 16.4. The van der Waals surface area contributed by atoms with E-state index in [1.807, 2.05) is 40.7 Å². The summed E-state index contributed by atoms with van der Waals surface area (Å²) in [4.78, 5) is 72.5. The third-order valence-corrected chi connectivity index (χ3v) is 7.09. The van der Waals surface area contributed by atoms with Gasteiger partial charge in [-0.1, -0.05) is 77.1 Å². The second kappa shape index (κ2) is 20.1. The fourth-order valence-corrected chi connectivity index (χ4v) is 4.78. The van der Waals surface area contributed by atoms with Gasteiger partial charge in [0.15, 0.2) is 5.82 Å². The van der Waals surface area contributed by atoms with Crippen LogP contribution in [0.15, 0.2) is 78.8 Å². The highest BCUT2D eigenvalue weighted by Gasteiger charge is 2.27. The van der Waals surface area contributed by atoms with Crippen LogP contribution >= 0.6 is 0 Å². The molecule has 3 amide bonds. The van der Waals surface area contributed by atoms with Gasteiger partial charge in [0, 0.05) is 17.8 Å². The second-order valence-corrected chi connectivity index (χ2v) is 13.6. The summed E-state index contributed by atoms with van der Waals surface area (Å²) < 4.78 is 0. The summed E-state index contributed by atoms with van der Waals surface area (Å²) in [5.74, 6) is -4.04. The Bertz CT molecular complexity index is 1570. The van der Waals surface area contributed by atoms with Crippen LogP contribution in [0.5, 0.6) is 0 Å². The van der Waals surface area contributed by atoms with Crippen molar-refractivity contribution in [3.8, 4) is 0 Å². The molecule has 0 radical (unpaired) electrons. The molecule has 0 aliphatic carbocycles. The maximum absolute atomic E-state index is 13.2. The SMILES string of the molecule is CC(C)CC(NC(=O)Cc1ccc(NC(=C[N+](=O)[O-])Nc2ccccc2)cc1)C(=O)NC(CC=CCC(NC(=O)CC(C)(C)C)C(=O)O)C(=O)O. The molecule has 7 N–H and O–H groups in total. The molecule has 0 aliphatic heterocycles. The van der Waals surface area contributed by atoms with Crippen LogP contribution in [0.3, 0.4) is 0 Å². The summed E-state index contributed by atoms with van der Waals surface area (Å²) in [6.45, 7) is 9.25. The summed E-state index contributed by atoms with van der Waals surface area (Å²) in [7, 11) is 0. The van der Waals surface area contributed by atoms with Crippen LogP contribution in [0, 0.1) is 21.4 Å². The van der Waals surface area contributed by atoms with E-state index in [-0.39, 0.29) is 49.3 Å². The first kappa shape index (κ1) is 41.4. The van der Waals surface area contributed by atoms with Gasteiger partial charge in [-0.05, 0) is 60.4 Å². The van der Waals surface area contributed by atoms with E-state index in [2.05, 4.69) is 26.6 Å². The minimum absolute atomic E-state index is 0.0260. The minimum atomic E-state index is -1.36. The Hall–Kier alpha value is -5.73. The lowest BCUT2D eigenvalue weighted by atomic mass is 9.92. The molecular formula is C36H48N6O9. The topological polar surface area (TPSA) is 229 Å². The third kappa shape index (κ3) is 17.0. The zero-order valence-corrected chi connectivity index (χ0v) is 29.5. The summed E-state index contributed by atoms with van der Waals surface area (Å²) in [6, 6.07) is 11.9. The number of carbonyl (C=O) groups excluding carboxylic acids is 3. The predicted molar refractivity (Wildman–Crippen MR) is 192 cm³/mol. The van der Waals surface area contributed by atoms with E-state index >= 15 is 0 Å². The predicted octanol–water partition coefficient (Wildman–Crippen LogP) is 4.27. The van der Waals surface area contributed by atoms with Crippen molar-refractivity contribution in [3.05, 3.63) is 94.4 Å². The summed E-state index contributed by atoms with van der Waals surface area (Å²) in [5, 5.41) is 43.9. The van der Waals surface area contributed by atoms with E-state index in [0.717, 1.165) is 6.20 Å². The molecule has 0 saturated heterocycles. The van der Waals surface area contributed by atoms with Gasteiger partial charge in [-0.25, -0.2) is 9.59 Å². The zero-order valence-electron chi connectivity index (χ0n) is 29.5. The number of hydrogen-bond donors (Lipinski definition) is 7. The maximum Gasteiger partial charge on any atom is 0.326 e. The number of benzene rings is 2. The van der Waals surface area contributed by atoms with Crippen molar-refractivity contribution in [3.63, 3.8) is 0 Å². The Morgan fingerprint density at radius 1 is 0.765 bits per heavy atom. The molecule has 0 fully saturated rings. The van der Waals surface area contributed by atoms with E-state index in [9.17, 15) is 44.3 Å². The smallest absolute Gasteiger partial charge is 0.326 e. The maximum atomic E-state index is 13.2. The molecule has 0 aromatic heterocycles. The fourth-order valence-electron chi connectivity index (χ4n) is 4.78. The van der Waals surface area contributed by atoms with Gasteiger partial charge in [0.05, 0.1) is 11.3 Å². The van der Waals surface area contributed by atoms with Crippen molar-refractivity contribution < 1.29 is 39.1 Å². The number of amides is 3. The number of nitrogens with one attached hydrogen (secondary N) is 5. The van der Waals surface area contributed by atoms with Gasteiger partial charge in [0.25, 0.3) is 6.20 Å². The van der Waals surface area contributed by atoms with Gasteiger partial charge in [0.1, 0.15) is 18.1 Å². The number of nitro groups is 1. The summed E-state index contributed by atoms with van der Waals surface area (Å²) >= 11 is 0. The van der Waals surface area contributed by atoms with Crippen LogP contribution in [0.25, 0.3) is 0 Å². The summed E-state index contributed by atoms with van der Waals surface area (Å²) in [5.41, 5.74) is 1.42. The number of nitrogens with zero attached hydrogens (tertiary/aromatic N) is 1. The Kier molecular flexibility index (Phi) is 16.3. The lowest BCUT2D eigenvalue weighted by Crippen LogP contribution is -2.52. The first-order chi connectivity index (χ1) is 23.9. The molecular weight excluding hydrogens is 660 g/mol. The number of carboxylic acids is 2. The lowest BCUT2D eigenvalue weighted by Gasteiger charge is -2.22. The van der Waals surface area contributed by atoms with Crippen LogP contribution < -0.4 is 26.6 Å². The van der Waals surface area contributed by atoms with Gasteiger partial charge < -0.3 is 36.8 Å². The molecule has 51 heavy (non-hydrogen) atoms. The first-order valence-corrected chi connectivity index (χ1v) is 16.4. The van der Waals surface area contributed by atoms with Crippen molar-refractivity contribution in [1.82, 2.24) is 16.0 Å². The lowest BCUT2D eigenvalue weighted by molar-refractivity contribution is -0.403. The molecule has 2 aromatic rings. The molecule has 3 unspecified atom stereocenters. The van der Waals surface area contributed by atoms with E-state index in [1.165, 1.54) is 12.2 Å². The van der Waals surface area contributed by atoms with Crippen LogP contribution in [0.1, 0.15) is 65.9 Å². The highest BCUT2D eigenvalue weighted by atomic mass is 16.6. The van der Waals surface area contributed by atoms with E-state index in [1.54, 1.807) is 48.5 Å². The molecule has 3 atom stereocenters. The molecule has 0 saturated carbocycles. The molecule has 15 heteroatoms. The van der Waals surface area contributed by atoms with Crippen molar-refractivity contribution in [2.75, 3.05) is 10.6 Å². The quantitative estimate of drug-likeness (QED) is 0.0583. The van der Waals surface area contributed by atoms with Crippen molar-refractivity contribution in [2.45, 2.75) is 84.8 Å². The number of aliphatic carboxylic acids is 2. The Balaban J connectivity index is 2.01. The fraction of sp³-hybridized carbons (Fsp3) is 0.417. The Labute approximate surface area is 297 Å². The number of para-hydroxylation sites is 1. The Morgan fingerprint density at radius 3 is 1.76 bits per heavy atom. The molecule has 0 aliphatic rings. The van der Waals surface area contributed by atoms with E-state index in [4.69, 9.17) is 0 Å². The standard InChI is InChI=1S/C36H48N6O9/c1-23(2)19-29(33(45)41-28(35(48)49)14-10-9-13-27(34(46)47)39-32(44)21-36(3,4)5)40-31(43)20-24-15-17-26(18-16-24)38-30(22-42(50)51)37-25-11-7-6-8-12-25/h6-12,15-18,22-23,27-29,37-38H,13-14,19-21H2,1-5H3,(H,39,44)(H,40,43)(H,41,45)(H,46,47)(H,48,49). The molecule has 0 bridgehead atoms. The van der Waals surface area contributed by atoms with Gasteiger partial charge in [-0.2, -0.15) is 0 Å². The molecule has 0 spiro atoms. The van der Waals surface area contributed by atoms with Crippen LogP contribution in [-0.4, -0.2) is 62.9 Å². The molecule has 0 heterocycles. The number of rotatable bonds is 20. The van der Waals surface area contributed by atoms with Gasteiger partial charge >= 0.3 is 11.9 Å². The van der Waals surface area contributed by atoms with Crippen LogP contribution in [0.2, 0.25) is 0 Å². The molecule has 276 valence electrons. The van der Waals surface area contributed by atoms with Crippen molar-refractivity contribution in [1.29, 1.82) is 0 Å². The third-order valence-electron chi connectivity index (χ3n) is 7.09. The average Bonchev–Trinajstić information content (AvgIpc) is 3.01. The Morgan fingerprint density at radius 2 is 1.27 bits per heavy atom. The summed E-state index contributed by atoms with van der Waals surface area (Å²) in [6.07, 6.45) is 3.68. The molecule has 15 nitrogen and oxygen atoms in total. The van der Waals surface area contributed by atoms with Crippen LogP contribution in [-0.2, 0) is 30.4 Å². The number of carboxylic acid groups (broad SMARTS) is 2. The highest BCUT2D eigenvalue weighted by Crippen LogP contribution is 2.18. The zero-order chi connectivity index (χ0) is 38.1.